The van der Waals surface area contributed by atoms with Gasteiger partial charge in [-0.1, -0.05) is 36.4 Å². The molecule has 0 unspecified atom stereocenters. The van der Waals surface area contributed by atoms with Gasteiger partial charge in [-0.15, -0.1) is 0 Å². The van der Waals surface area contributed by atoms with Crippen LogP contribution in [-0.4, -0.2) is 11.2 Å². The van der Waals surface area contributed by atoms with E-state index in [4.69, 9.17) is 12.2 Å². The average Bonchev–Trinajstić information content (AvgIpc) is 2.53. The number of hydrogen-bond donors (Lipinski definition) is 2. The SMILES string of the molecule is C[C@H](CCc1ccccc1)NC(=S)Nc1cccc(C(F)(F)F)c1. The normalized spacial score (nSPS) is 12.5. The maximum atomic E-state index is 12.7. The largest absolute Gasteiger partial charge is 0.416 e. The number of benzene rings is 2. The second-order valence-electron chi connectivity index (χ2n) is 5.60. The van der Waals surface area contributed by atoms with Crippen LogP contribution >= 0.6 is 12.2 Å². The molecular weight excluding hydrogens is 333 g/mol. The second kappa shape index (κ2) is 8.15. The van der Waals surface area contributed by atoms with Crippen molar-refractivity contribution in [2.75, 3.05) is 5.32 Å². The topological polar surface area (TPSA) is 24.1 Å². The zero-order valence-corrected chi connectivity index (χ0v) is 14.0. The molecule has 2 aromatic rings. The Morgan fingerprint density at radius 3 is 2.46 bits per heavy atom. The number of alkyl halides is 3. The van der Waals surface area contributed by atoms with Crippen LogP contribution in [0.5, 0.6) is 0 Å². The lowest BCUT2D eigenvalue weighted by Gasteiger charge is -2.17. The molecule has 0 radical (unpaired) electrons. The summed E-state index contributed by atoms with van der Waals surface area (Å²) in [6, 6.07) is 15.2. The van der Waals surface area contributed by atoms with Crippen molar-refractivity contribution in [1.82, 2.24) is 5.32 Å². The van der Waals surface area contributed by atoms with Crippen molar-refractivity contribution in [3.63, 3.8) is 0 Å². The molecule has 2 N–H and O–H groups in total. The Labute approximate surface area is 145 Å². The van der Waals surface area contributed by atoms with Gasteiger partial charge in [-0.3, -0.25) is 0 Å². The monoisotopic (exact) mass is 352 g/mol. The summed E-state index contributed by atoms with van der Waals surface area (Å²) in [7, 11) is 0. The molecule has 0 amide bonds. The molecular formula is C18H19F3N2S. The van der Waals surface area contributed by atoms with Crippen molar-refractivity contribution in [2.45, 2.75) is 32.0 Å². The fraction of sp³-hybridized carbons (Fsp3) is 0.278. The van der Waals surface area contributed by atoms with Crippen molar-refractivity contribution in [2.24, 2.45) is 0 Å². The summed E-state index contributed by atoms with van der Waals surface area (Å²) in [5.41, 5.74) is 0.855. The van der Waals surface area contributed by atoms with E-state index in [9.17, 15) is 13.2 Å². The molecule has 24 heavy (non-hydrogen) atoms. The Morgan fingerprint density at radius 2 is 1.79 bits per heavy atom. The predicted octanol–water partition coefficient (Wildman–Crippen LogP) is 5.01. The molecule has 0 saturated carbocycles. The van der Waals surface area contributed by atoms with E-state index in [0.29, 0.717) is 10.8 Å². The maximum absolute atomic E-state index is 12.7. The van der Waals surface area contributed by atoms with Crippen molar-refractivity contribution >= 4 is 23.0 Å². The highest BCUT2D eigenvalue weighted by molar-refractivity contribution is 7.80. The zero-order valence-electron chi connectivity index (χ0n) is 13.2. The molecule has 6 heteroatoms. The third-order valence-corrected chi connectivity index (χ3v) is 3.75. The smallest absolute Gasteiger partial charge is 0.360 e. The lowest BCUT2D eigenvalue weighted by Crippen LogP contribution is -2.36. The Morgan fingerprint density at radius 1 is 1.08 bits per heavy atom. The fourth-order valence-electron chi connectivity index (χ4n) is 2.26. The number of thiocarbonyl (C=S) groups is 1. The van der Waals surface area contributed by atoms with E-state index in [1.54, 1.807) is 6.07 Å². The zero-order chi connectivity index (χ0) is 17.6. The Bertz CT molecular complexity index is 671. The second-order valence-corrected chi connectivity index (χ2v) is 6.01. The Hall–Kier alpha value is -2.08. The summed E-state index contributed by atoms with van der Waals surface area (Å²) in [5, 5.41) is 6.21. The molecule has 0 aromatic heterocycles. The van der Waals surface area contributed by atoms with Crippen LogP contribution in [0, 0.1) is 0 Å². The highest BCUT2D eigenvalue weighted by Gasteiger charge is 2.30. The molecule has 0 bridgehead atoms. The van der Waals surface area contributed by atoms with Crippen molar-refractivity contribution < 1.29 is 13.2 Å². The average molecular weight is 352 g/mol. The number of nitrogens with one attached hydrogen (secondary N) is 2. The molecule has 128 valence electrons. The number of aryl methyl sites for hydroxylation is 1. The first-order valence-corrected chi connectivity index (χ1v) is 8.04. The third kappa shape index (κ3) is 5.85. The number of hydrogen-bond acceptors (Lipinski definition) is 1. The fourth-order valence-corrected chi connectivity index (χ4v) is 2.58. The predicted molar refractivity (Wildman–Crippen MR) is 95.0 cm³/mol. The minimum Gasteiger partial charge on any atom is -0.360 e. The van der Waals surface area contributed by atoms with Gasteiger partial charge in [0, 0.05) is 11.7 Å². The van der Waals surface area contributed by atoms with Crippen LogP contribution in [0.2, 0.25) is 0 Å². The summed E-state index contributed by atoms with van der Waals surface area (Å²) in [4.78, 5) is 0. The summed E-state index contributed by atoms with van der Waals surface area (Å²) in [6.07, 6.45) is -2.59. The molecule has 0 aliphatic heterocycles. The number of rotatable bonds is 5. The minimum atomic E-state index is -4.37. The molecule has 0 aliphatic carbocycles. The highest BCUT2D eigenvalue weighted by Crippen LogP contribution is 2.30. The van der Waals surface area contributed by atoms with Crippen molar-refractivity contribution in [1.29, 1.82) is 0 Å². The minimum absolute atomic E-state index is 0.107. The first-order chi connectivity index (χ1) is 11.3. The van der Waals surface area contributed by atoms with E-state index in [0.717, 1.165) is 25.0 Å². The molecule has 0 heterocycles. The summed E-state index contributed by atoms with van der Waals surface area (Å²) < 4.78 is 38.1. The Balaban J connectivity index is 1.84. The lowest BCUT2D eigenvalue weighted by atomic mass is 10.1. The van der Waals surface area contributed by atoms with Gasteiger partial charge in [0.05, 0.1) is 5.56 Å². The molecule has 0 aliphatic rings. The molecule has 0 saturated heterocycles. The number of halogens is 3. The molecule has 1 atom stereocenters. The van der Waals surface area contributed by atoms with Gasteiger partial charge in [-0.2, -0.15) is 13.2 Å². The van der Waals surface area contributed by atoms with Gasteiger partial charge in [-0.25, -0.2) is 0 Å². The van der Waals surface area contributed by atoms with Gasteiger partial charge < -0.3 is 10.6 Å². The van der Waals surface area contributed by atoms with E-state index >= 15 is 0 Å². The van der Waals surface area contributed by atoms with Gasteiger partial charge in [-0.05, 0) is 55.7 Å². The van der Waals surface area contributed by atoms with Gasteiger partial charge in [0.1, 0.15) is 0 Å². The summed E-state index contributed by atoms with van der Waals surface area (Å²) >= 11 is 5.18. The van der Waals surface area contributed by atoms with Crippen LogP contribution in [0.1, 0.15) is 24.5 Å². The van der Waals surface area contributed by atoms with Gasteiger partial charge in [0.25, 0.3) is 0 Å². The Kier molecular flexibility index (Phi) is 6.20. The van der Waals surface area contributed by atoms with E-state index < -0.39 is 11.7 Å². The van der Waals surface area contributed by atoms with Crippen LogP contribution < -0.4 is 10.6 Å². The first kappa shape index (κ1) is 18.3. The van der Waals surface area contributed by atoms with Crippen LogP contribution in [0.3, 0.4) is 0 Å². The molecule has 2 rings (SSSR count). The molecule has 0 fully saturated rings. The van der Waals surface area contributed by atoms with Crippen LogP contribution in [0.15, 0.2) is 54.6 Å². The van der Waals surface area contributed by atoms with Gasteiger partial charge in [0.2, 0.25) is 0 Å². The molecule has 0 spiro atoms. The summed E-state index contributed by atoms with van der Waals surface area (Å²) in [5.74, 6) is 0. The van der Waals surface area contributed by atoms with E-state index in [1.165, 1.54) is 11.6 Å². The summed E-state index contributed by atoms with van der Waals surface area (Å²) in [6.45, 7) is 1.99. The van der Waals surface area contributed by atoms with E-state index in [1.807, 2.05) is 25.1 Å². The van der Waals surface area contributed by atoms with Crippen molar-refractivity contribution in [3.05, 3.63) is 65.7 Å². The van der Waals surface area contributed by atoms with E-state index in [2.05, 4.69) is 22.8 Å². The highest BCUT2D eigenvalue weighted by atomic mass is 32.1. The van der Waals surface area contributed by atoms with E-state index in [-0.39, 0.29) is 6.04 Å². The molecule has 2 aromatic carbocycles. The lowest BCUT2D eigenvalue weighted by molar-refractivity contribution is -0.137. The van der Waals surface area contributed by atoms with Crippen LogP contribution in [0.25, 0.3) is 0 Å². The maximum Gasteiger partial charge on any atom is 0.416 e. The third-order valence-electron chi connectivity index (χ3n) is 3.53. The van der Waals surface area contributed by atoms with Crippen LogP contribution in [-0.2, 0) is 12.6 Å². The quantitative estimate of drug-likeness (QED) is 0.740. The molecule has 2 nitrogen and oxygen atoms in total. The van der Waals surface area contributed by atoms with Crippen LogP contribution in [0.4, 0.5) is 18.9 Å². The first-order valence-electron chi connectivity index (χ1n) is 7.63. The standard InChI is InChI=1S/C18H19F3N2S/c1-13(10-11-14-6-3-2-4-7-14)22-17(24)23-16-9-5-8-15(12-16)18(19,20)21/h2-9,12-13H,10-11H2,1H3,(H2,22,23,24)/t13-/m1/s1. The van der Waals surface area contributed by atoms with Crippen molar-refractivity contribution in [3.8, 4) is 0 Å². The van der Waals surface area contributed by atoms with Gasteiger partial charge >= 0.3 is 6.18 Å². The van der Waals surface area contributed by atoms with Gasteiger partial charge in [0.15, 0.2) is 5.11 Å². The number of anilines is 1.